The van der Waals surface area contributed by atoms with Crippen LogP contribution in [0.25, 0.3) is 0 Å². The molecule has 0 saturated heterocycles. The van der Waals surface area contributed by atoms with E-state index in [0.29, 0.717) is 5.92 Å². The summed E-state index contributed by atoms with van der Waals surface area (Å²) in [6.07, 6.45) is 7.23. The molecule has 2 N–H and O–H groups in total. The third-order valence-electron chi connectivity index (χ3n) is 4.32. The van der Waals surface area contributed by atoms with Gasteiger partial charge in [0.1, 0.15) is 5.75 Å². The maximum atomic E-state index is 6.56. The summed E-state index contributed by atoms with van der Waals surface area (Å²) in [5, 5.41) is 0. The van der Waals surface area contributed by atoms with Crippen molar-refractivity contribution >= 4 is 0 Å². The Bertz CT molecular complexity index is 419. The second-order valence-corrected chi connectivity index (χ2v) is 6.33. The first kappa shape index (κ1) is 14.4. The van der Waals surface area contributed by atoms with Gasteiger partial charge in [0.15, 0.2) is 0 Å². The molecular weight excluding hydrogens is 234 g/mol. The molecule has 0 heterocycles. The molecule has 0 spiro atoms. The zero-order valence-electron chi connectivity index (χ0n) is 12.5. The van der Waals surface area contributed by atoms with Crippen molar-refractivity contribution in [1.29, 1.82) is 0 Å². The largest absolute Gasteiger partial charge is 0.496 e. The van der Waals surface area contributed by atoms with Gasteiger partial charge in [0.05, 0.1) is 7.11 Å². The molecule has 1 aliphatic rings. The molecule has 1 aliphatic carbocycles. The lowest BCUT2D eigenvalue weighted by Crippen LogP contribution is -2.43. The van der Waals surface area contributed by atoms with Crippen molar-refractivity contribution in [3.63, 3.8) is 0 Å². The van der Waals surface area contributed by atoms with Crippen LogP contribution >= 0.6 is 0 Å². The van der Waals surface area contributed by atoms with Crippen LogP contribution in [0.1, 0.15) is 63.0 Å². The fourth-order valence-corrected chi connectivity index (χ4v) is 3.18. The zero-order valence-corrected chi connectivity index (χ0v) is 12.5. The summed E-state index contributed by atoms with van der Waals surface area (Å²) >= 11 is 0. The summed E-state index contributed by atoms with van der Waals surface area (Å²) in [5.41, 5.74) is 9.22. The molecule has 0 atom stereocenters. The Labute approximate surface area is 117 Å². The lowest BCUT2D eigenvalue weighted by molar-refractivity contribution is 0.294. The highest BCUT2D eigenvalue weighted by molar-refractivity contribution is 5.39. The second-order valence-electron chi connectivity index (χ2n) is 6.33. The minimum atomic E-state index is 0.0150. The minimum Gasteiger partial charge on any atom is -0.496 e. The molecule has 0 bridgehead atoms. The van der Waals surface area contributed by atoms with E-state index in [4.69, 9.17) is 10.5 Å². The Kier molecular flexibility index (Phi) is 4.51. The number of ether oxygens (including phenoxy) is 1. The summed E-state index contributed by atoms with van der Waals surface area (Å²) in [7, 11) is 1.74. The van der Waals surface area contributed by atoms with Crippen LogP contribution in [0.2, 0.25) is 0 Å². The lowest BCUT2D eigenvalue weighted by atomic mass is 9.78. The van der Waals surface area contributed by atoms with E-state index in [9.17, 15) is 0 Å². The molecule has 2 rings (SSSR count). The van der Waals surface area contributed by atoms with Crippen LogP contribution in [0.15, 0.2) is 18.2 Å². The molecule has 1 fully saturated rings. The first-order valence-electron chi connectivity index (χ1n) is 7.50. The maximum Gasteiger partial charge on any atom is 0.122 e. The average Bonchev–Trinajstić information content (AvgIpc) is 2.39. The first-order chi connectivity index (χ1) is 9.04. The molecule has 0 unspecified atom stereocenters. The quantitative estimate of drug-likeness (QED) is 0.888. The van der Waals surface area contributed by atoms with Gasteiger partial charge in [-0.25, -0.2) is 0 Å². The molecule has 2 nitrogen and oxygen atoms in total. The number of benzene rings is 1. The van der Waals surface area contributed by atoms with E-state index >= 15 is 0 Å². The van der Waals surface area contributed by atoms with Gasteiger partial charge in [-0.1, -0.05) is 45.2 Å². The highest BCUT2D eigenvalue weighted by Crippen LogP contribution is 2.32. The fourth-order valence-electron chi connectivity index (χ4n) is 3.18. The van der Waals surface area contributed by atoms with Crippen LogP contribution in [-0.2, 0) is 6.42 Å². The van der Waals surface area contributed by atoms with Crippen LogP contribution in [0, 0.1) is 0 Å². The van der Waals surface area contributed by atoms with E-state index in [2.05, 4.69) is 32.0 Å². The van der Waals surface area contributed by atoms with Gasteiger partial charge in [-0.05, 0) is 42.4 Å². The minimum absolute atomic E-state index is 0.0150. The molecule has 1 aromatic rings. The number of hydrogen-bond donors (Lipinski definition) is 1. The molecule has 19 heavy (non-hydrogen) atoms. The van der Waals surface area contributed by atoms with E-state index < -0.39 is 0 Å². The van der Waals surface area contributed by atoms with Gasteiger partial charge in [-0.3, -0.25) is 0 Å². The summed E-state index contributed by atoms with van der Waals surface area (Å²) in [6, 6.07) is 6.55. The highest BCUT2D eigenvalue weighted by Gasteiger charge is 2.27. The second kappa shape index (κ2) is 5.96. The van der Waals surface area contributed by atoms with Crippen molar-refractivity contribution in [3.05, 3.63) is 29.3 Å². The molecule has 1 saturated carbocycles. The number of hydrogen-bond acceptors (Lipinski definition) is 2. The van der Waals surface area contributed by atoms with Crippen LogP contribution < -0.4 is 10.5 Å². The number of methoxy groups -OCH3 is 1. The standard InChI is InChI=1S/C17H27NO/c1-13(2)15-11-14(7-8-16(15)19-3)12-17(18)9-5-4-6-10-17/h7-8,11,13H,4-6,9-10,12,18H2,1-3H3. The summed E-state index contributed by atoms with van der Waals surface area (Å²) in [6.45, 7) is 4.42. The van der Waals surface area contributed by atoms with Gasteiger partial charge < -0.3 is 10.5 Å². The van der Waals surface area contributed by atoms with Crippen LogP contribution in [-0.4, -0.2) is 12.6 Å². The van der Waals surface area contributed by atoms with Crippen molar-refractivity contribution in [1.82, 2.24) is 0 Å². The molecule has 2 heteroatoms. The Morgan fingerprint density at radius 2 is 1.89 bits per heavy atom. The smallest absolute Gasteiger partial charge is 0.122 e. The van der Waals surface area contributed by atoms with E-state index in [1.54, 1.807) is 7.11 Å². The topological polar surface area (TPSA) is 35.2 Å². The van der Waals surface area contributed by atoms with Crippen LogP contribution in [0.3, 0.4) is 0 Å². The lowest BCUT2D eigenvalue weighted by Gasteiger charge is -2.33. The van der Waals surface area contributed by atoms with Gasteiger partial charge in [0.2, 0.25) is 0 Å². The first-order valence-corrected chi connectivity index (χ1v) is 7.50. The van der Waals surface area contributed by atoms with Gasteiger partial charge >= 0.3 is 0 Å². The van der Waals surface area contributed by atoms with Gasteiger partial charge in [-0.2, -0.15) is 0 Å². The van der Waals surface area contributed by atoms with Crippen molar-refractivity contribution < 1.29 is 4.74 Å². The van der Waals surface area contributed by atoms with Crippen molar-refractivity contribution in [2.75, 3.05) is 7.11 Å². The molecule has 1 aromatic carbocycles. The molecular formula is C17H27NO. The van der Waals surface area contributed by atoms with E-state index in [-0.39, 0.29) is 5.54 Å². The molecule has 0 aromatic heterocycles. The van der Waals surface area contributed by atoms with Crippen molar-refractivity contribution in [3.8, 4) is 5.75 Å². The predicted octanol–water partition coefficient (Wildman–Crippen LogP) is 4.02. The van der Waals surface area contributed by atoms with Crippen molar-refractivity contribution in [2.24, 2.45) is 5.73 Å². The third kappa shape index (κ3) is 3.50. The Morgan fingerprint density at radius 1 is 1.21 bits per heavy atom. The van der Waals surface area contributed by atoms with E-state index in [0.717, 1.165) is 25.0 Å². The normalized spacial score (nSPS) is 18.6. The molecule has 106 valence electrons. The summed E-state index contributed by atoms with van der Waals surface area (Å²) in [4.78, 5) is 0. The predicted molar refractivity (Wildman–Crippen MR) is 80.8 cm³/mol. The Balaban J connectivity index is 2.18. The van der Waals surface area contributed by atoms with Gasteiger partial charge in [0, 0.05) is 5.54 Å². The Morgan fingerprint density at radius 3 is 2.47 bits per heavy atom. The van der Waals surface area contributed by atoms with E-state index in [1.807, 2.05) is 0 Å². The maximum absolute atomic E-state index is 6.56. The van der Waals surface area contributed by atoms with Crippen molar-refractivity contribution in [2.45, 2.75) is 63.8 Å². The SMILES string of the molecule is COc1ccc(CC2(N)CCCCC2)cc1C(C)C. The monoisotopic (exact) mass is 261 g/mol. The average molecular weight is 261 g/mol. The summed E-state index contributed by atoms with van der Waals surface area (Å²) in [5.74, 6) is 1.48. The van der Waals surface area contributed by atoms with Crippen LogP contribution in [0.4, 0.5) is 0 Å². The fraction of sp³-hybridized carbons (Fsp3) is 0.647. The zero-order chi connectivity index (χ0) is 13.9. The van der Waals surface area contributed by atoms with E-state index in [1.165, 1.54) is 30.4 Å². The van der Waals surface area contributed by atoms with Gasteiger partial charge in [0.25, 0.3) is 0 Å². The van der Waals surface area contributed by atoms with Gasteiger partial charge in [-0.15, -0.1) is 0 Å². The molecule has 0 radical (unpaired) electrons. The summed E-state index contributed by atoms with van der Waals surface area (Å²) < 4.78 is 5.45. The van der Waals surface area contributed by atoms with Crippen LogP contribution in [0.5, 0.6) is 5.75 Å². The third-order valence-corrected chi connectivity index (χ3v) is 4.32. The number of nitrogens with two attached hydrogens (primary N) is 1. The molecule has 0 aliphatic heterocycles. The number of rotatable bonds is 4. The highest BCUT2D eigenvalue weighted by atomic mass is 16.5. The Hall–Kier alpha value is -1.02. The molecule has 0 amide bonds.